The Labute approximate surface area is 153 Å². The van der Waals surface area contributed by atoms with Gasteiger partial charge in [0.05, 0.1) is 12.7 Å². The number of hydrogen-bond donors (Lipinski definition) is 1. The minimum absolute atomic E-state index is 0.253. The second kappa shape index (κ2) is 7.48. The van der Waals surface area contributed by atoms with Gasteiger partial charge in [0.15, 0.2) is 0 Å². The van der Waals surface area contributed by atoms with Crippen LogP contribution in [-0.2, 0) is 17.7 Å². The van der Waals surface area contributed by atoms with Gasteiger partial charge in [-0.1, -0.05) is 29.8 Å². The molecule has 4 heteroatoms. The van der Waals surface area contributed by atoms with Crippen LogP contribution in [0.3, 0.4) is 0 Å². The summed E-state index contributed by atoms with van der Waals surface area (Å²) in [6.07, 6.45) is 5.07. The summed E-state index contributed by atoms with van der Waals surface area (Å²) in [6, 6.07) is 12.9. The lowest BCUT2D eigenvalue weighted by Crippen LogP contribution is -2.08. The lowest BCUT2D eigenvalue weighted by Gasteiger charge is -2.10. The van der Waals surface area contributed by atoms with Gasteiger partial charge in [0.1, 0.15) is 5.75 Å². The van der Waals surface area contributed by atoms with Crippen LogP contribution in [0.2, 0.25) is 0 Å². The SMILES string of the molecule is COC(=O)c1ccccc1Cn1cc(CC=C(C)C)c2cc(O)ccc21. The molecule has 3 rings (SSSR count). The van der Waals surface area contributed by atoms with E-state index < -0.39 is 0 Å². The summed E-state index contributed by atoms with van der Waals surface area (Å²) in [5.74, 6) is -0.0804. The predicted molar refractivity (Wildman–Crippen MR) is 104 cm³/mol. The quantitative estimate of drug-likeness (QED) is 0.537. The molecule has 1 aromatic heterocycles. The van der Waals surface area contributed by atoms with Crippen LogP contribution in [0.4, 0.5) is 0 Å². The maximum absolute atomic E-state index is 12.0. The van der Waals surface area contributed by atoms with Gasteiger partial charge in [-0.15, -0.1) is 0 Å². The Hall–Kier alpha value is -3.01. The molecule has 4 nitrogen and oxygen atoms in total. The fourth-order valence-electron chi connectivity index (χ4n) is 3.12. The van der Waals surface area contributed by atoms with Crippen molar-refractivity contribution in [3.8, 4) is 5.75 Å². The first-order valence-corrected chi connectivity index (χ1v) is 8.60. The van der Waals surface area contributed by atoms with Crippen molar-refractivity contribution >= 4 is 16.9 Å². The van der Waals surface area contributed by atoms with Crippen molar-refractivity contribution in [2.45, 2.75) is 26.8 Å². The first-order valence-electron chi connectivity index (χ1n) is 8.60. The average Bonchev–Trinajstić information content (AvgIpc) is 2.96. The molecule has 1 N–H and O–H groups in total. The first-order chi connectivity index (χ1) is 12.5. The highest BCUT2D eigenvalue weighted by molar-refractivity contribution is 5.91. The van der Waals surface area contributed by atoms with Crippen molar-refractivity contribution in [1.82, 2.24) is 4.57 Å². The van der Waals surface area contributed by atoms with Crippen molar-refractivity contribution < 1.29 is 14.6 Å². The molecule has 26 heavy (non-hydrogen) atoms. The van der Waals surface area contributed by atoms with Gasteiger partial charge in [0, 0.05) is 23.6 Å². The smallest absolute Gasteiger partial charge is 0.338 e. The fraction of sp³-hybridized carbons (Fsp3) is 0.227. The molecule has 0 aliphatic rings. The monoisotopic (exact) mass is 349 g/mol. The lowest BCUT2D eigenvalue weighted by molar-refractivity contribution is 0.0599. The van der Waals surface area contributed by atoms with E-state index in [9.17, 15) is 9.90 Å². The highest BCUT2D eigenvalue weighted by Crippen LogP contribution is 2.27. The van der Waals surface area contributed by atoms with Crippen molar-refractivity contribution in [2.75, 3.05) is 7.11 Å². The molecule has 0 spiro atoms. The summed E-state index contributed by atoms with van der Waals surface area (Å²) in [4.78, 5) is 12.0. The first kappa shape index (κ1) is 17.8. The van der Waals surface area contributed by atoms with Crippen molar-refractivity contribution in [3.63, 3.8) is 0 Å². The van der Waals surface area contributed by atoms with E-state index in [0.717, 1.165) is 28.5 Å². The van der Waals surface area contributed by atoms with E-state index >= 15 is 0 Å². The number of carbonyl (C=O) groups is 1. The third-order valence-electron chi connectivity index (χ3n) is 4.44. The molecular weight excluding hydrogens is 326 g/mol. The van der Waals surface area contributed by atoms with Crippen LogP contribution in [0.25, 0.3) is 10.9 Å². The second-order valence-electron chi connectivity index (χ2n) is 6.62. The molecule has 134 valence electrons. The van der Waals surface area contributed by atoms with Gasteiger partial charge < -0.3 is 14.4 Å². The summed E-state index contributed by atoms with van der Waals surface area (Å²) in [5.41, 5.74) is 4.90. The Morgan fingerprint density at radius 1 is 1.15 bits per heavy atom. The molecular formula is C22H23NO3. The van der Waals surface area contributed by atoms with Gasteiger partial charge in [0.25, 0.3) is 0 Å². The summed E-state index contributed by atoms with van der Waals surface area (Å²) in [7, 11) is 1.39. The van der Waals surface area contributed by atoms with Crippen molar-refractivity contribution in [3.05, 3.63) is 77.0 Å². The van der Waals surface area contributed by atoms with E-state index in [4.69, 9.17) is 4.74 Å². The molecule has 3 aromatic rings. The Bertz CT molecular complexity index is 978. The summed E-state index contributed by atoms with van der Waals surface area (Å²) < 4.78 is 7.01. The molecule has 1 heterocycles. The number of aromatic hydroxyl groups is 1. The Morgan fingerprint density at radius 3 is 2.65 bits per heavy atom. The van der Waals surface area contributed by atoms with Gasteiger partial charge in [-0.05, 0) is 55.7 Å². The van der Waals surface area contributed by atoms with E-state index in [1.807, 2.05) is 24.3 Å². The van der Waals surface area contributed by atoms with E-state index in [1.165, 1.54) is 12.7 Å². The Kier molecular flexibility index (Phi) is 5.12. The van der Waals surface area contributed by atoms with E-state index in [1.54, 1.807) is 18.2 Å². The molecule has 0 aliphatic heterocycles. The zero-order valence-electron chi connectivity index (χ0n) is 15.3. The number of hydrogen-bond acceptors (Lipinski definition) is 3. The molecule has 0 radical (unpaired) electrons. The lowest BCUT2D eigenvalue weighted by atomic mass is 10.1. The molecule has 0 bridgehead atoms. The topological polar surface area (TPSA) is 51.5 Å². The maximum Gasteiger partial charge on any atom is 0.338 e. The number of esters is 1. The van der Waals surface area contributed by atoms with Gasteiger partial charge in [-0.2, -0.15) is 0 Å². The van der Waals surface area contributed by atoms with Crippen LogP contribution < -0.4 is 0 Å². The number of benzene rings is 2. The molecule has 0 saturated heterocycles. The van der Waals surface area contributed by atoms with Gasteiger partial charge in [0.2, 0.25) is 0 Å². The number of aromatic nitrogens is 1. The van der Waals surface area contributed by atoms with E-state index in [0.29, 0.717) is 12.1 Å². The molecule has 0 atom stereocenters. The number of rotatable bonds is 5. The molecule has 0 unspecified atom stereocenters. The summed E-state index contributed by atoms with van der Waals surface area (Å²) in [5, 5.41) is 10.9. The summed E-state index contributed by atoms with van der Waals surface area (Å²) >= 11 is 0. The van der Waals surface area contributed by atoms with Crippen LogP contribution in [-0.4, -0.2) is 22.8 Å². The van der Waals surface area contributed by atoms with Gasteiger partial charge in [-0.3, -0.25) is 0 Å². The molecule has 0 amide bonds. The van der Waals surface area contributed by atoms with E-state index in [-0.39, 0.29) is 11.7 Å². The van der Waals surface area contributed by atoms with Crippen LogP contribution in [0.1, 0.15) is 35.3 Å². The number of allylic oxidation sites excluding steroid dienone is 2. The summed E-state index contributed by atoms with van der Waals surface area (Å²) in [6.45, 7) is 4.70. The van der Waals surface area contributed by atoms with Gasteiger partial charge in [-0.25, -0.2) is 4.79 Å². The highest BCUT2D eigenvalue weighted by atomic mass is 16.5. The third-order valence-corrected chi connectivity index (χ3v) is 4.44. The third kappa shape index (κ3) is 3.64. The Morgan fingerprint density at radius 2 is 1.92 bits per heavy atom. The number of methoxy groups -OCH3 is 1. The minimum Gasteiger partial charge on any atom is -0.508 e. The maximum atomic E-state index is 12.0. The number of phenols is 1. The van der Waals surface area contributed by atoms with Crippen LogP contribution in [0.5, 0.6) is 5.75 Å². The number of nitrogens with zero attached hydrogens (tertiary/aromatic N) is 1. The zero-order chi connectivity index (χ0) is 18.7. The number of phenolic OH excluding ortho intramolecular Hbond substituents is 1. The minimum atomic E-state index is -0.334. The van der Waals surface area contributed by atoms with Crippen molar-refractivity contribution in [2.24, 2.45) is 0 Å². The Balaban J connectivity index is 2.06. The number of ether oxygens (including phenoxy) is 1. The van der Waals surface area contributed by atoms with Crippen LogP contribution in [0.15, 0.2) is 60.3 Å². The zero-order valence-corrected chi connectivity index (χ0v) is 15.3. The fourth-order valence-corrected chi connectivity index (χ4v) is 3.12. The molecule has 0 aliphatic carbocycles. The van der Waals surface area contributed by atoms with Crippen molar-refractivity contribution in [1.29, 1.82) is 0 Å². The normalized spacial score (nSPS) is 10.7. The number of carbonyl (C=O) groups excluding carboxylic acids is 1. The predicted octanol–water partition coefficient (Wildman–Crippen LogP) is 4.69. The van der Waals surface area contributed by atoms with E-state index in [2.05, 4.69) is 30.7 Å². The largest absolute Gasteiger partial charge is 0.508 e. The second-order valence-corrected chi connectivity index (χ2v) is 6.62. The molecule has 2 aromatic carbocycles. The highest BCUT2D eigenvalue weighted by Gasteiger charge is 2.14. The van der Waals surface area contributed by atoms with Gasteiger partial charge >= 0.3 is 5.97 Å². The molecule has 0 fully saturated rings. The molecule has 0 saturated carbocycles. The number of fused-ring (bicyclic) bond motifs is 1. The average molecular weight is 349 g/mol. The van der Waals surface area contributed by atoms with Crippen LogP contribution in [0, 0.1) is 0 Å². The van der Waals surface area contributed by atoms with Crippen LogP contribution >= 0.6 is 0 Å². The standard InChI is InChI=1S/C22H23NO3/c1-15(2)8-9-17-14-23(21-11-10-18(24)12-20(17)21)13-16-6-4-5-7-19(16)22(25)26-3/h4-8,10-12,14,24H,9,13H2,1-3H3.